The number of fused-ring (bicyclic) bond motifs is 1. The summed E-state index contributed by atoms with van der Waals surface area (Å²) < 4.78 is 2.23. The Morgan fingerprint density at radius 1 is 1.25 bits per heavy atom. The standard InChI is InChI=1S/C15H21N5/c1-2-4-16-13-3-5-17-14(10-13)11-19-8-9-20-7-6-18-15(20)12-19/h3,5-7,10H,2,4,8-9,11-12H2,1H3,(H,16,17). The lowest BCUT2D eigenvalue weighted by Crippen LogP contribution is -2.33. The maximum atomic E-state index is 4.48. The van der Waals surface area contributed by atoms with Crippen molar-refractivity contribution in [1.29, 1.82) is 0 Å². The van der Waals surface area contributed by atoms with E-state index in [2.05, 4.69) is 43.9 Å². The van der Waals surface area contributed by atoms with Gasteiger partial charge >= 0.3 is 0 Å². The molecule has 2 aromatic heterocycles. The van der Waals surface area contributed by atoms with E-state index >= 15 is 0 Å². The molecule has 0 amide bonds. The highest BCUT2D eigenvalue weighted by Crippen LogP contribution is 2.15. The lowest BCUT2D eigenvalue weighted by Gasteiger charge is -2.27. The SMILES string of the molecule is CCCNc1ccnc(CN2CCn3ccnc3C2)c1. The van der Waals surface area contributed by atoms with Gasteiger partial charge in [0.2, 0.25) is 0 Å². The van der Waals surface area contributed by atoms with E-state index in [-0.39, 0.29) is 0 Å². The Hall–Kier alpha value is -1.88. The van der Waals surface area contributed by atoms with E-state index in [0.717, 1.165) is 56.4 Å². The van der Waals surface area contributed by atoms with Crippen molar-refractivity contribution < 1.29 is 0 Å². The molecule has 0 aromatic carbocycles. The van der Waals surface area contributed by atoms with E-state index in [1.807, 2.05) is 18.5 Å². The third-order valence-corrected chi connectivity index (χ3v) is 3.61. The van der Waals surface area contributed by atoms with Crippen LogP contribution in [0.2, 0.25) is 0 Å². The molecule has 3 rings (SSSR count). The molecule has 20 heavy (non-hydrogen) atoms. The van der Waals surface area contributed by atoms with Crippen LogP contribution < -0.4 is 5.32 Å². The average molecular weight is 271 g/mol. The zero-order valence-electron chi connectivity index (χ0n) is 11.9. The molecule has 0 fully saturated rings. The number of rotatable bonds is 5. The highest BCUT2D eigenvalue weighted by molar-refractivity contribution is 5.43. The Labute approximate surface area is 119 Å². The summed E-state index contributed by atoms with van der Waals surface area (Å²) in [5.74, 6) is 1.15. The molecule has 0 spiro atoms. The Balaban J connectivity index is 1.63. The van der Waals surface area contributed by atoms with Gasteiger partial charge in [-0.3, -0.25) is 9.88 Å². The van der Waals surface area contributed by atoms with E-state index in [1.54, 1.807) is 0 Å². The summed E-state index contributed by atoms with van der Waals surface area (Å²) in [4.78, 5) is 11.3. The van der Waals surface area contributed by atoms with Crippen LogP contribution in [0.15, 0.2) is 30.7 Å². The van der Waals surface area contributed by atoms with Crippen LogP contribution in [0.1, 0.15) is 24.9 Å². The molecule has 2 aromatic rings. The molecule has 0 aliphatic carbocycles. The fourth-order valence-electron chi connectivity index (χ4n) is 2.53. The first-order valence-corrected chi connectivity index (χ1v) is 7.26. The summed E-state index contributed by atoms with van der Waals surface area (Å²) in [6.07, 6.45) is 6.96. The van der Waals surface area contributed by atoms with Gasteiger partial charge in [-0.2, -0.15) is 0 Å². The van der Waals surface area contributed by atoms with Gasteiger partial charge in [0, 0.05) is 50.5 Å². The van der Waals surface area contributed by atoms with Gasteiger partial charge in [-0.1, -0.05) is 6.92 Å². The molecule has 0 saturated carbocycles. The van der Waals surface area contributed by atoms with E-state index < -0.39 is 0 Å². The van der Waals surface area contributed by atoms with Crippen molar-refractivity contribution in [3.63, 3.8) is 0 Å². The highest BCUT2D eigenvalue weighted by Gasteiger charge is 2.16. The number of aromatic nitrogens is 3. The second-order valence-electron chi connectivity index (χ2n) is 5.21. The number of hydrogen-bond donors (Lipinski definition) is 1. The lowest BCUT2D eigenvalue weighted by molar-refractivity contribution is 0.206. The van der Waals surface area contributed by atoms with Crippen molar-refractivity contribution in [2.75, 3.05) is 18.4 Å². The number of pyridine rings is 1. The molecule has 1 aliphatic heterocycles. The molecule has 0 bridgehead atoms. The monoisotopic (exact) mass is 271 g/mol. The molecule has 3 heterocycles. The normalized spacial score (nSPS) is 15.1. The summed E-state index contributed by atoms with van der Waals surface area (Å²) >= 11 is 0. The average Bonchev–Trinajstić information content (AvgIpc) is 2.93. The van der Waals surface area contributed by atoms with Crippen LogP contribution in [0.4, 0.5) is 5.69 Å². The van der Waals surface area contributed by atoms with Crippen molar-refractivity contribution in [2.45, 2.75) is 33.0 Å². The first kappa shape index (κ1) is 13.1. The molecule has 106 valence electrons. The second-order valence-corrected chi connectivity index (χ2v) is 5.21. The number of nitrogens with zero attached hydrogens (tertiary/aromatic N) is 4. The minimum atomic E-state index is 0.883. The Morgan fingerprint density at radius 3 is 3.10 bits per heavy atom. The number of anilines is 1. The third-order valence-electron chi connectivity index (χ3n) is 3.61. The van der Waals surface area contributed by atoms with Crippen LogP contribution in [0, 0.1) is 0 Å². The summed E-state index contributed by atoms with van der Waals surface area (Å²) in [7, 11) is 0. The highest BCUT2D eigenvalue weighted by atomic mass is 15.2. The maximum Gasteiger partial charge on any atom is 0.122 e. The summed E-state index contributed by atoms with van der Waals surface area (Å²) in [6, 6.07) is 4.18. The predicted molar refractivity (Wildman–Crippen MR) is 79.4 cm³/mol. The summed E-state index contributed by atoms with van der Waals surface area (Å²) in [5, 5.41) is 3.41. The van der Waals surface area contributed by atoms with Gasteiger partial charge < -0.3 is 9.88 Å². The third kappa shape index (κ3) is 2.99. The quantitative estimate of drug-likeness (QED) is 0.905. The van der Waals surface area contributed by atoms with Crippen LogP contribution in [0.3, 0.4) is 0 Å². The number of hydrogen-bond acceptors (Lipinski definition) is 4. The van der Waals surface area contributed by atoms with E-state index in [0.29, 0.717) is 0 Å². The van der Waals surface area contributed by atoms with E-state index in [1.165, 1.54) is 0 Å². The minimum absolute atomic E-state index is 0.883. The summed E-state index contributed by atoms with van der Waals surface area (Å²) in [6.45, 7) is 7.03. The maximum absolute atomic E-state index is 4.48. The Kier molecular flexibility index (Phi) is 3.97. The van der Waals surface area contributed by atoms with Crippen LogP contribution >= 0.6 is 0 Å². The summed E-state index contributed by atoms with van der Waals surface area (Å²) in [5.41, 5.74) is 2.28. The first-order chi connectivity index (χ1) is 9.85. The van der Waals surface area contributed by atoms with E-state index in [9.17, 15) is 0 Å². The van der Waals surface area contributed by atoms with Crippen LogP contribution in [-0.2, 0) is 19.6 Å². The van der Waals surface area contributed by atoms with Gasteiger partial charge in [0.25, 0.3) is 0 Å². The second kappa shape index (κ2) is 6.05. The van der Waals surface area contributed by atoms with Crippen molar-refractivity contribution in [3.8, 4) is 0 Å². The van der Waals surface area contributed by atoms with Crippen LogP contribution in [0.5, 0.6) is 0 Å². The van der Waals surface area contributed by atoms with Gasteiger partial charge in [0.05, 0.1) is 12.2 Å². The number of nitrogens with one attached hydrogen (secondary N) is 1. The zero-order valence-corrected chi connectivity index (χ0v) is 11.9. The van der Waals surface area contributed by atoms with Gasteiger partial charge in [-0.25, -0.2) is 4.98 Å². The fraction of sp³-hybridized carbons (Fsp3) is 0.467. The van der Waals surface area contributed by atoms with Crippen molar-refractivity contribution in [3.05, 3.63) is 42.2 Å². The smallest absolute Gasteiger partial charge is 0.122 e. The molecule has 1 aliphatic rings. The van der Waals surface area contributed by atoms with Crippen molar-refractivity contribution >= 4 is 5.69 Å². The van der Waals surface area contributed by atoms with Gasteiger partial charge in [0.1, 0.15) is 5.82 Å². The molecular formula is C15H21N5. The molecule has 5 heteroatoms. The fourth-order valence-corrected chi connectivity index (χ4v) is 2.53. The van der Waals surface area contributed by atoms with Crippen molar-refractivity contribution in [2.24, 2.45) is 0 Å². The molecular weight excluding hydrogens is 250 g/mol. The molecule has 0 saturated heterocycles. The number of imidazole rings is 1. The molecule has 5 nitrogen and oxygen atoms in total. The van der Waals surface area contributed by atoms with Gasteiger partial charge in [-0.15, -0.1) is 0 Å². The Morgan fingerprint density at radius 2 is 2.20 bits per heavy atom. The lowest BCUT2D eigenvalue weighted by atomic mass is 10.2. The van der Waals surface area contributed by atoms with Crippen molar-refractivity contribution in [1.82, 2.24) is 19.4 Å². The topological polar surface area (TPSA) is 46.0 Å². The minimum Gasteiger partial charge on any atom is -0.385 e. The Bertz CT molecular complexity index is 563. The van der Waals surface area contributed by atoms with Gasteiger partial charge in [-0.05, 0) is 18.6 Å². The van der Waals surface area contributed by atoms with E-state index in [4.69, 9.17) is 0 Å². The predicted octanol–water partition coefficient (Wildman–Crippen LogP) is 2.12. The zero-order chi connectivity index (χ0) is 13.8. The van der Waals surface area contributed by atoms with Gasteiger partial charge in [0.15, 0.2) is 0 Å². The first-order valence-electron chi connectivity index (χ1n) is 7.26. The van der Waals surface area contributed by atoms with Crippen LogP contribution in [-0.4, -0.2) is 32.5 Å². The molecule has 0 atom stereocenters. The molecule has 0 unspecified atom stereocenters. The molecule has 0 radical (unpaired) electrons. The molecule has 1 N–H and O–H groups in total. The van der Waals surface area contributed by atoms with Crippen LogP contribution in [0.25, 0.3) is 0 Å². The largest absolute Gasteiger partial charge is 0.385 e.